The van der Waals surface area contributed by atoms with Crippen molar-refractivity contribution in [3.8, 4) is 0 Å². The van der Waals surface area contributed by atoms with Crippen LogP contribution in [0, 0.1) is 6.92 Å². The Morgan fingerprint density at radius 1 is 1.38 bits per heavy atom. The van der Waals surface area contributed by atoms with Crippen molar-refractivity contribution in [2.45, 2.75) is 39.7 Å². The molecule has 0 saturated heterocycles. The smallest absolute Gasteiger partial charge is 0.0798 e. The summed E-state index contributed by atoms with van der Waals surface area (Å²) in [7, 11) is 0. The van der Waals surface area contributed by atoms with Gasteiger partial charge in [-0.2, -0.15) is 0 Å². The number of nitrogens with zero attached hydrogens (tertiary/aromatic N) is 1. The first-order chi connectivity index (χ1) is 7.84. The van der Waals surface area contributed by atoms with E-state index >= 15 is 0 Å². The van der Waals surface area contributed by atoms with Gasteiger partial charge >= 0.3 is 0 Å². The minimum atomic E-state index is 0.870. The van der Waals surface area contributed by atoms with E-state index in [1.54, 1.807) is 11.3 Å². The molecule has 3 nitrogen and oxygen atoms in total. The Morgan fingerprint density at radius 3 is 2.88 bits per heavy atom. The molecule has 0 atom stereocenters. The van der Waals surface area contributed by atoms with Crippen LogP contribution in [0.25, 0.3) is 0 Å². The normalized spacial score (nSPS) is 10.9. The van der Waals surface area contributed by atoms with Crippen molar-refractivity contribution in [1.29, 1.82) is 0 Å². The van der Waals surface area contributed by atoms with Gasteiger partial charge in [0.1, 0.15) is 0 Å². The number of hydrogen-bond acceptors (Lipinski definition) is 4. The van der Waals surface area contributed by atoms with Crippen LogP contribution in [-0.2, 0) is 11.3 Å². The van der Waals surface area contributed by atoms with Crippen LogP contribution in [0.3, 0.4) is 0 Å². The number of rotatable bonds is 9. The Morgan fingerprint density at radius 2 is 2.19 bits per heavy atom. The average Bonchev–Trinajstić information content (AvgIpc) is 2.68. The van der Waals surface area contributed by atoms with Gasteiger partial charge in [0.15, 0.2) is 0 Å². The molecule has 1 heterocycles. The molecule has 1 rings (SSSR count). The quantitative estimate of drug-likeness (QED) is 0.676. The van der Waals surface area contributed by atoms with Gasteiger partial charge in [0.2, 0.25) is 0 Å². The molecule has 92 valence electrons. The molecule has 0 fully saturated rings. The highest BCUT2D eigenvalue weighted by molar-refractivity contribution is 7.09. The second-order valence-electron chi connectivity index (χ2n) is 3.86. The Kier molecular flexibility index (Phi) is 7.38. The summed E-state index contributed by atoms with van der Waals surface area (Å²) in [4.78, 5) is 5.56. The summed E-state index contributed by atoms with van der Waals surface area (Å²) in [6.45, 7) is 7.97. The third-order valence-electron chi connectivity index (χ3n) is 2.41. The monoisotopic (exact) mass is 242 g/mol. The summed E-state index contributed by atoms with van der Waals surface area (Å²) >= 11 is 1.72. The summed E-state index contributed by atoms with van der Waals surface area (Å²) in [6.07, 6.45) is 3.47. The van der Waals surface area contributed by atoms with Gasteiger partial charge in [-0.15, -0.1) is 11.3 Å². The number of nitrogens with one attached hydrogen (secondary N) is 1. The van der Waals surface area contributed by atoms with Crippen molar-refractivity contribution >= 4 is 11.3 Å². The predicted molar refractivity (Wildman–Crippen MR) is 68.9 cm³/mol. The van der Waals surface area contributed by atoms with Crippen LogP contribution < -0.4 is 5.32 Å². The lowest BCUT2D eigenvalue weighted by Gasteiger charge is -2.04. The van der Waals surface area contributed by atoms with Crippen molar-refractivity contribution in [2.75, 3.05) is 19.8 Å². The SMILES string of the molecule is CCCCOCCCNCc1scnc1C. The van der Waals surface area contributed by atoms with E-state index in [9.17, 15) is 0 Å². The molecule has 1 N–H and O–H groups in total. The number of hydrogen-bond donors (Lipinski definition) is 1. The van der Waals surface area contributed by atoms with Gasteiger partial charge in [0, 0.05) is 24.6 Å². The molecule has 1 aromatic heterocycles. The van der Waals surface area contributed by atoms with E-state index in [4.69, 9.17) is 4.74 Å². The predicted octanol–water partition coefficient (Wildman–Crippen LogP) is 2.75. The van der Waals surface area contributed by atoms with Crippen molar-refractivity contribution in [1.82, 2.24) is 10.3 Å². The molecule has 1 aromatic rings. The minimum absolute atomic E-state index is 0.870. The molecule has 0 aromatic carbocycles. The maximum absolute atomic E-state index is 5.49. The second-order valence-corrected chi connectivity index (χ2v) is 4.80. The lowest BCUT2D eigenvalue weighted by atomic mass is 10.3. The van der Waals surface area contributed by atoms with E-state index in [-0.39, 0.29) is 0 Å². The van der Waals surface area contributed by atoms with Gasteiger partial charge in [-0.1, -0.05) is 13.3 Å². The Bertz CT molecular complexity index is 276. The van der Waals surface area contributed by atoms with E-state index in [1.165, 1.54) is 17.7 Å². The van der Waals surface area contributed by atoms with Crippen molar-refractivity contribution in [3.05, 3.63) is 16.1 Å². The Hall–Kier alpha value is -0.450. The van der Waals surface area contributed by atoms with Crippen LogP contribution in [0.5, 0.6) is 0 Å². The van der Waals surface area contributed by atoms with Crippen molar-refractivity contribution < 1.29 is 4.74 Å². The second kappa shape index (κ2) is 8.67. The highest BCUT2D eigenvalue weighted by Gasteiger charge is 1.99. The number of ether oxygens (including phenoxy) is 1. The van der Waals surface area contributed by atoms with E-state index in [0.717, 1.165) is 38.4 Å². The molecule has 0 amide bonds. The van der Waals surface area contributed by atoms with Crippen molar-refractivity contribution in [2.24, 2.45) is 0 Å². The largest absolute Gasteiger partial charge is 0.381 e. The Labute approximate surface area is 102 Å². The Balaban J connectivity index is 1.91. The summed E-state index contributed by atoms with van der Waals surface area (Å²) in [5.41, 5.74) is 3.05. The van der Waals surface area contributed by atoms with E-state index in [0.29, 0.717) is 0 Å². The molecule has 0 aliphatic carbocycles. The van der Waals surface area contributed by atoms with Gasteiger partial charge in [-0.05, 0) is 26.3 Å². The van der Waals surface area contributed by atoms with Gasteiger partial charge in [-0.3, -0.25) is 0 Å². The molecular weight excluding hydrogens is 220 g/mol. The third kappa shape index (κ3) is 5.58. The standard InChI is InChI=1S/C12H22N2OS/c1-3-4-7-15-8-5-6-13-9-12-11(2)14-10-16-12/h10,13H,3-9H2,1-2H3. The zero-order chi connectivity index (χ0) is 11.6. The van der Waals surface area contributed by atoms with Crippen LogP contribution in [0.15, 0.2) is 5.51 Å². The van der Waals surface area contributed by atoms with Crippen LogP contribution in [0.4, 0.5) is 0 Å². The molecule has 0 aliphatic rings. The molecule has 0 unspecified atom stereocenters. The fourth-order valence-electron chi connectivity index (χ4n) is 1.35. The lowest BCUT2D eigenvalue weighted by molar-refractivity contribution is 0.129. The zero-order valence-electron chi connectivity index (χ0n) is 10.3. The first-order valence-corrected chi connectivity index (χ1v) is 6.90. The van der Waals surface area contributed by atoms with Crippen LogP contribution in [0.1, 0.15) is 36.8 Å². The molecule has 16 heavy (non-hydrogen) atoms. The van der Waals surface area contributed by atoms with Crippen LogP contribution in [-0.4, -0.2) is 24.7 Å². The highest BCUT2D eigenvalue weighted by atomic mass is 32.1. The molecule has 0 bridgehead atoms. The summed E-state index contributed by atoms with van der Waals surface area (Å²) in [6, 6.07) is 0. The highest BCUT2D eigenvalue weighted by Crippen LogP contribution is 2.10. The number of aromatic nitrogens is 1. The molecule has 0 saturated carbocycles. The average molecular weight is 242 g/mol. The van der Waals surface area contributed by atoms with E-state index in [1.807, 2.05) is 5.51 Å². The maximum atomic E-state index is 5.49. The summed E-state index contributed by atoms with van der Waals surface area (Å²) in [5, 5.41) is 3.41. The first kappa shape index (κ1) is 13.6. The topological polar surface area (TPSA) is 34.1 Å². The van der Waals surface area contributed by atoms with Crippen LogP contribution >= 0.6 is 11.3 Å². The number of unbranched alkanes of at least 4 members (excludes halogenated alkanes) is 1. The van der Waals surface area contributed by atoms with Crippen molar-refractivity contribution in [3.63, 3.8) is 0 Å². The van der Waals surface area contributed by atoms with E-state index in [2.05, 4.69) is 24.1 Å². The molecule has 0 aliphatic heterocycles. The van der Waals surface area contributed by atoms with Gasteiger partial charge in [-0.25, -0.2) is 4.98 Å². The number of thiazole rings is 1. The van der Waals surface area contributed by atoms with E-state index < -0.39 is 0 Å². The summed E-state index contributed by atoms with van der Waals surface area (Å²) < 4.78 is 5.49. The van der Waals surface area contributed by atoms with Gasteiger partial charge in [0.05, 0.1) is 11.2 Å². The number of aryl methyl sites for hydroxylation is 1. The molecule has 4 heteroatoms. The molecular formula is C12H22N2OS. The third-order valence-corrected chi connectivity index (χ3v) is 3.35. The fourth-order valence-corrected chi connectivity index (χ4v) is 2.09. The maximum Gasteiger partial charge on any atom is 0.0798 e. The molecule has 0 radical (unpaired) electrons. The molecule has 0 spiro atoms. The summed E-state index contributed by atoms with van der Waals surface area (Å²) in [5.74, 6) is 0. The van der Waals surface area contributed by atoms with Gasteiger partial charge in [0.25, 0.3) is 0 Å². The van der Waals surface area contributed by atoms with Crippen LogP contribution in [0.2, 0.25) is 0 Å². The first-order valence-electron chi connectivity index (χ1n) is 6.02. The van der Waals surface area contributed by atoms with Gasteiger partial charge < -0.3 is 10.1 Å². The zero-order valence-corrected chi connectivity index (χ0v) is 11.1. The lowest BCUT2D eigenvalue weighted by Crippen LogP contribution is -2.16. The minimum Gasteiger partial charge on any atom is -0.381 e. The fraction of sp³-hybridized carbons (Fsp3) is 0.750.